The number of aryl methyl sites for hydroxylation is 1. The van der Waals surface area contributed by atoms with Crippen LogP contribution >= 0.6 is 0 Å². The van der Waals surface area contributed by atoms with Gasteiger partial charge in [-0.15, -0.1) is 0 Å². The Labute approximate surface area is 151 Å². The number of nitrogens with zero attached hydrogens (tertiary/aromatic N) is 2. The largest absolute Gasteiger partial charge is 0.310 e. The molecule has 1 amide bonds. The zero-order valence-corrected chi connectivity index (χ0v) is 14.7. The number of aromatic nitrogens is 2. The summed E-state index contributed by atoms with van der Waals surface area (Å²) >= 11 is 0. The summed E-state index contributed by atoms with van der Waals surface area (Å²) in [5.41, 5.74) is 2.77. The van der Waals surface area contributed by atoms with Crippen LogP contribution in [0.1, 0.15) is 47.8 Å². The van der Waals surface area contributed by atoms with E-state index in [0.29, 0.717) is 30.0 Å². The molecule has 2 aromatic rings. The number of hydrogen-bond donors (Lipinski definition) is 1. The number of para-hydroxylation sites is 1. The Kier molecular flexibility index (Phi) is 4.18. The van der Waals surface area contributed by atoms with Gasteiger partial charge in [-0.3, -0.25) is 14.4 Å². The molecule has 1 saturated carbocycles. The summed E-state index contributed by atoms with van der Waals surface area (Å²) in [7, 11) is 0. The summed E-state index contributed by atoms with van der Waals surface area (Å²) in [4.78, 5) is 46.0. The molecule has 1 aliphatic carbocycles. The van der Waals surface area contributed by atoms with Gasteiger partial charge in [0.25, 0.3) is 5.56 Å². The van der Waals surface area contributed by atoms with Crippen molar-refractivity contribution < 1.29 is 9.59 Å². The van der Waals surface area contributed by atoms with Crippen molar-refractivity contribution >= 4 is 17.4 Å². The molecular formula is C20H21N3O3. The maximum absolute atomic E-state index is 12.7. The minimum atomic E-state index is -0.151. The number of amides is 1. The lowest BCUT2D eigenvalue weighted by atomic mass is 10.00. The van der Waals surface area contributed by atoms with E-state index in [-0.39, 0.29) is 30.2 Å². The number of Topliss-reactive ketones (excluding diaryl/α,β-unsaturated/α-hetero) is 1. The molecule has 1 fully saturated rings. The molecule has 0 bridgehead atoms. The monoisotopic (exact) mass is 351 g/mol. The molecule has 0 saturated heterocycles. The first-order valence-electron chi connectivity index (χ1n) is 9.02. The van der Waals surface area contributed by atoms with Crippen molar-refractivity contribution in [1.29, 1.82) is 0 Å². The molecule has 0 spiro atoms. The van der Waals surface area contributed by atoms with E-state index in [2.05, 4.69) is 9.97 Å². The lowest BCUT2D eigenvalue weighted by molar-refractivity contribution is -0.122. The third kappa shape index (κ3) is 3.19. The SMILES string of the molecule is Cc1nc(C2CC2)[nH]c(=O)c1CCC(=O)N1CC(=O)Cc2ccccc21. The van der Waals surface area contributed by atoms with Gasteiger partial charge < -0.3 is 9.88 Å². The third-order valence-electron chi connectivity index (χ3n) is 5.10. The van der Waals surface area contributed by atoms with Crippen molar-refractivity contribution in [3.63, 3.8) is 0 Å². The summed E-state index contributed by atoms with van der Waals surface area (Å²) in [6.07, 6.45) is 3.01. The first-order valence-corrected chi connectivity index (χ1v) is 9.02. The molecule has 4 rings (SSSR count). The van der Waals surface area contributed by atoms with Gasteiger partial charge in [-0.2, -0.15) is 0 Å². The van der Waals surface area contributed by atoms with E-state index in [0.717, 1.165) is 29.9 Å². The van der Waals surface area contributed by atoms with Crippen molar-refractivity contribution in [1.82, 2.24) is 9.97 Å². The summed E-state index contributed by atoms with van der Waals surface area (Å²) < 4.78 is 0. The second kappa shape index (κ2) is 6.52. The highest BCUT2D eigenvalue weighted by Gasteiger charge is 2.28. The van der Waals surface area contributed by atoms with Crippen LogP contribution in [-0.4, -0.2) is 28.2 Å². The van der Waals surface area contributed by atoms with Crippen molar-refractivity contribution in [2.75, 3.05) is 11.4 Å². The number of anilines is 1. The Hall–Kier alpha value is -2.76. The van der Waals surface area contributed by atoms with Gasteiger partial charge in [0.1, 0.15) is 5.82 Å². The quantitative estimate of drug-likeness (QED) is 0.914. The first-order chi connectivity index (χ1) is 12.5. The van der Waals surface area contributed by atoms with Crippen LogP contribution < -0.4 is 10.5 Å². The van der Waals surface area contributed by atoms with E-state index >= 15 is 0 Å². The van der Waals surface area contributed by atoms with E-state index < -0.39 is 0 Å². The molecule has 26 heavy (non-hydrogen) atoms. The summed E-state index contributed by atoms with van der Waals surface area (Å²) in [6.45, 7) is 1.92. The molecule has 6 nitrogen and oxygen atoms in total. The second-order valence-corrected chi connectivity index (χ2v) is 7.11. The molecule has 0 atom stereocenters. The molecule has 1 aliphatic heterocycles. The maximum atomic E-state index is 12.7. The number of aromatic amines is 1. The van der Waals surface area contributed by atoms with Crippen molar-refractivity contribution in [2.45, 2.75) is 44.9 Å². The zero-order chi connectivity index (χ0) is 18.3. The highest BCUT2D eigenvalue weighted by atomic mass is 16.2. The van der Waals surface area contributed by atoms with Crippen LogP contribution in [0.15, 0.2) is 29.1 Å². The zero-order valence-electron chi connectivity index (χ0n) is 14.7. The number of ketones is 1. The minimum Gasteiger partial charge on any atom is -0.310 e. The predicted molar refractivity (Wildman–Crippen MR) is 97.4 cm³/mol. The van der Waals surface area contributed by atoms with E-state index in [1.165, 1.54) is 4.90 Å². The van der Waals surface area contributed by atoms with Crippen molar-refractivity contribution in [3.05, 3.63) is 57.3 Å². The number of nitrogens with one attached hydrogen (secondary N) is 1. The van der Waals surface area contributed by atoms with Gasteiger partial charge >= 0.3 is 0 Å². The minimum absolute atomic E-state index is 0.0292. The fraction of sp³-hybridized carbons (Fsp3) is 0.400. The van der Waals surface area contributed by atoms with Crippen molar-refractivity contribution in [3.8, 4) is 0 Å². The lowest BCUT2D eigenvalue weighted by Crippen LogP contribution is -2.40. The second-order valence-electron chi connectivity index (χ2n) is 7.11. The molecule has 1 N–H and O–H groups in total. The normalized spacial score (nSPS) is 16.5. The van der Waals surface area contributed by atoms with Gasteiger partial charge in [-0.25, -0.2) is 4.98 Å². The Bertz CT molecular complexity index is 944. The van der Waals surface area contributed by atoms with E-state index in [4.69, 9.17) is 0 Å². The molecule has 1 aromatic heterocycles. The van der Waals surface area contributed by atoms with E-state index in [1.54, 1.807) is 0 Å². The van der Waals surface area contributed by atoms with Crippen LogP contribution in [0.2, 0.25) is 0 Å². The number of hydrogen-bond acceptors (Lipinski definition) is 4. The average molecular weight is 351 g/mol. The van der Waals surface area contributed by atoms with Crippen LogP contribution in [0.4, 0.5) is 5.69 Å². The van der Waals surface area contributed by atoms with Gasteiger partial charge in [0.05, 0.1) is 6.54 Å². The number of carbonyl (C=O) groups excluding carboxylic acids is 2. The molecule has 6 heteroatoms. The smallest absolute Gasteiger partial charge is 0.254 e. The fourth-order valence-electron chi connectivity index (χ4n) is 3.52. The molecule has 2 heterocycles. The number of rotatable bonds is 4. The van der Waals surface area contributed by atoms with E-state index in [9.17, 15) is 14.4 Å². The van der Waals surface area contributed by atoms with Gasteiger partial charge in [0, 0.05) is 35.7 Å². The standard InChI is InChI=1S/C20H21N3O3/c1-12-16(20(26)22-19(21-12)13-6-7-13)8-9-18(25)23-11-15(24)10-14-4-2-3-5-17(14)23/h2-5,13H,6-11H2,1H3,(H,21,22,26). The average Bonchev–Trinajstić information content (AvgIpc) is 3.45. The van der Waals surface area contributed by atoms with Crippen LogP contribution in [0.3, 0.4) is 0 Å². The van der Waals surface area contributed by atoms with Crippen LogP contribution in [-0.2, 0) is 22.4 Å². The first kappa shape index (κ1) is 16.7. The van der Waals surface area contributed by atoms with Crippen molar-refractivity contribution in [2.24, 2.45) is 0 Å². The Morgan fingerprint density at radius 3 is 2.77 bits per heavy atom. The Morgan fingerprint density at radius 2 is 2.04 bits per heavy atom. The van der Waals surface area contributed by atoms with Crippen LogP contribution in [0.25, 0.3) is 0 Å². The summed E-state index contributed by atoms with van der Waals surface area (Å²) in [6, 6.07) is 7.48. The molecule has 2 aliphatic rings. The Balaban J connectivity index is 1.51. The lowest BCUT2D eigenvalue weighted by Gasteiger charge is -2.28. The van der Waals surface area contributed by atoms with Gasteiger partial charge in [0.2, 0.25) is 5.91 Å². The predicted octanol–water partition coefficient (Wildman–Crippen LogP) is 2.05. The van der Waals surface area contributed by atoms with Crippen LogP contribution in [0, 0.1) is 6.92 Å². The topological polar surface area (TPSA) is 83.1 Å². The number of H-pyrrole nitrogens is 1. The molecule has 0 unspecified atom stereocenters. The fourth-order valence-corrected chi connectivity index (χ4v) is 3.52. The number of fused-ring (bicyclic) bond motifs is 1. The van der Waals surface area contributed by atoms with Crippen LogP contribution in [0.5, 0.6) is 0 Å². The molecule has 0 radical (unpaired) electrons. The highest BCUT2D eigenvalue weighted by Crippen LogP contribution is 2.37. The van der Waals surface area contributed by atoms with E-state index in [1.807, 2.05) is 31.2 Å². The number of benzene rings is 1. The van der Waals surface area contributed by atoms with Gasteiger partial charge in [0.15, 0.2) is 5.78 Å². The molecular weight excluding hydrogens is 330 g/mol. The number of carbonyl (C=O) groups is 2. The highest BCUT2D eigenvalue weighted by molar-refractivity contribution is 6.03. The van der Waals surface area contributed by atoms with Gasteiger partial charge in [-0.05, 0) is 37.8 Å². The molecule has 1 aromatic carbocycles. The Morgan fingerprint density at radius 1 is 1.27 bits per heavy atom. The summed E-state index contributed by atoms with van der Waals surface area (Å²) in [5, 5.41) is 0. The third-order valence-corrected chi connectivity index (χ3v) is 5.10. The van der Waals surface area contributed by atoms with Gasteiger partial charge in [-0.1, -0.05) is 18.2 Å². The maximum Gasteiger partial charge on any atom is 0.254 e. The molecule has 134 valence electrons. The summed E-state index contributed by atoms with van der Waals surface area (Å²) in [5.74, 6) is 1.03.